The third kappa shape index (κ3) is 4.32. The Balaban J connectivity index is 2.04. The number of benzene rings is 1. The van der Waals surface area contributed by atoms with E-state index < -0.39 is 0 Å². The summed E-state index contributed by atoms with van der Waals surface area (Å²) in [5.41, 5.74) is 1.35. The van der Waals surface area contributed by atoms with Crippen molar-refractivity contribution < 1.29 is 5.11 Å². The maximum Gasteiger partial charge on any atom is 0.0431 e. The SMILES string of the molecule is CC(C)C(NC(CCCO)c1ccccc1)C1CC1. The predicted octanol–water partition coefficient (Wildman–Crippen LogP) is 3.52. The topological polar surface area (TPSA) is 32.3 Å². The third-order valence-corrected chi connectivity index (χ3v) is 4.09. The Labute approximate surface area is 117 Å². The molecule has 0 amide bonds. The Bertz CT molecular complexity index is 357. The second-order valence-electron chi connectivity index (χ2n) is 6.10. The van der Waals surface area contributed by atoms with Crippen molar-refractivity contribution in [2.45, 2.75) is 51.6 Å². The lowest BCUT2D eigenvalue weighted by molar-refractivity contribution is 0.260. The van der Waals surface area contributed by atoms with Gasteiger partial charge in [-0.3, -0.25) is 0 Å². The predicted molar refractivity (Wildman–Crippen MR) is 80.0 cm³/mol. The van der Waals surface area contributed by atoms with Crippen LogP contribution in [0.25, 0.3) is 0 Å². The van der Waals surface area contributed by atoms with Crippen LogP contribution in [0.1, 0.15) is 51.1 Å². The van der Waals surface area contributed by atoms with E-state index in [4.69, 9.17) is 5.11 Å². The molecule has 0 bridgehead atoms. The molecule has 1 saturated carbocycles. The molecule has 2 N–H and O–H groups in total. The minimum absolute atomic E-state index is 0.279. The molecule has 1 aromatic rings. The minimum atomic E-state index is 0.279. The van der Waals surface area contributed by atoms with Gasteiger partial charge in [-0.25, -0.2) is 0 Å². The quantitative estimate of drug-likeness (QED) is 0.750. The van der Waals surface area contributed by atoms with E-state index in [9.17, 15) is 0 Å². The summed E-state index contributed by atoms with van der Waals surface area (Å²) in [4.78, 5) is 0. The molecule has 1 aliphatic carbocycles. The van der Waals surface area contributed by atoms with Gasteiger partial charge < -0.3 is 10.4 Å². The summed E-state index contributed by atoms with van der Waals surface area (Å²) in [6.07, 6.45) is 4.62. The standard InChI is InChI=1S/C17H27NO/c1-13(2)17(15-10-11-15)18-16(9-6-12-19)14-7-4-3-5-8-14/h3-5,7-8,13,15-19H,6,9-12H2,1-2H3. The lowest BCUT2D eigenvalue weighted by Crippen LogP contribution is -2.38. The van der Waals surface area contributed by atoms with Crippen molar-refractivity contribution in [1.82, 2.24) is 5.32 Å². The molecule has 1 fully saturated rings. The van der Waals surface area contributed by atoms with Crippen LogP contribution in [0.5, 0.6) is 0 Å². The maximum absolute atomic E-state index is 9.10. The number of hydrogen-bond donors (Lipinski definition) is 2. The first-order chi connectivity index (χ1) is 9.22. The molecule has 2 unspecified atom stereocenters. The highest BCUT2D eigenvalue weighted by Crippen LogP contribution is 2.37. The van der Waals surface area contributed by atoms with Crippen molar-refractivity contribution >= 4 is 0 Å². The molecule has 0 aromatic heterocycles. The zero-order valence-electron chi connectivity index (χ0n) is 12.2. The zero-order chi connectivity index (χ0) is 13.7. The first-order valence-corrected chi connectivity index (χ1v) is 7.64. The number of aliphatic hydroxyl groups excluding tert-OH is 1. The maximum atomic E-state index is 9.10. The fraction of sp³-hybridized carbons (Fsp3) is 0.647. The molecule has 106 valence electrons. The van der Waals surface area contributed by atoms with Gasteiger partial charge in [-0.15, -0.1) is 0 Å². The summed E-state index contributed by atoms with van der Waals surface area (Å²) in [6, 6.07) is 11.6. The molecule has 1 aliphatic rings. The summed E-state index contributed by atoms with van der Waals surface area (Å²) in [5, 5.41) is 13.0. The molecule has 0 radical (unpaired) electrons. The molecular formula is C17H27NO. The Morgan fingerprint density at radius 1 is 1.21 bits per heavy atom. The molecular weight excluding hydrogens is 234 g/mol. The lowest BCUT2D eigenvalue weighted by atomic mass is 9.95. The van der Waals surface area contributed by atoms with E-state index in [0.717, 1.165) is 18.8 Å². The van der Waals surface area contributed by atoms with Gasteiger partial charge >= 0.3 is 0 Å². The van der Waals surface area contributed by atoms with Crippen molar-refractivity contribution in [2.75, 3.05) is 6.61 Å². The summed E-state index contributed by atoms with van der Waals surface area (Å²) < 4.78 is 0. The second-order valence-corrected chi connectivity index (χ2v) is 6.10. The summed E-state index contributed by atoms with van der Waals surface area (Å²) >= 11 is 0. The van der Waals surface area contributed by atoms with Gasteiger partial charge in [0.1, 0.15) is 0 Å². The van der Waals surface area contributed by atoms with Crippen LogP contribution in [0.15, 0.2) is 30.3 Å². The average molecular weight is 261 g/mol. The number of aliphatic hydroxyl groups is 1. The van der Waals surface area contributed by atoms with E-state index in [-0.39, 0.29) is 6.61 Å². The largest absolute Gasteiger partial charge is 0.396 e. The Hall–Kier alpha value is -0.860. The van der Waals surface area contributed by atoms with E-state index >= 15 is 0 Å². The molecule has 0 heterocycles. The Kier molecular flexibility index (Phi) is 5.41. The van der Waals surface area contributed by atoms with Crippen LogP contribution >= 0.6 is 0 Å². The van der Waals surface area contributed by atoms with Gasteiger partial charge in [-0.1, -0.05) is 44.2 Å². The van der Waals surface area contributed by atoms with Crippen LogP contribution < -0.4 is 5.32 Å². The van der Waals surface area contributed by atoms with Crippen molar-refractivity contribution in [3.63, 3.8) is 0 Å². The normalized spacial score (nSPS) is 18.5. The van der Waals surface area contributed by atoms with Gasteiger partial charge in [-0.2, -0.15) is 0 Å². The molecule has 2 rings (SSSR count). The van der Waals surface area contributed by atoms with Crippen LogP contribution in [-0.2, 0) is 0 Å². The highest BCUT2D eigenvalue weighted by atomic mass is 16.2. The van der Waals surface area contributed by atoms with E-state index in [2.05, 4.69) is 49.5 Å². The highest BCUT2D eigenvalue weighted by molar-refractivity contribution is 5.19. The van der Waals surface area contributed by atoms with Crippen LogP contribution in [0, 0.1) is 11.8 Å². The summed E-state index contributed by atoms with van der Waals surface area (Å²) in [6.45, 7) is 4.90. The van der Waals surface area contributed by atoms with Gasteiger partial charge in [0.2, 0.25) is 0 Å². The first kappa shape index (κ1) is 14.5. The van der Waals surface area contributed by atoms with Crippen LogP contribution in [0.3, 0.4) is 0 Å². The smallest absolute Gasteiger partial charge is 0.0431 e. The van der Waals surface area contributed by atoms with E-state index in [1.165, 1.54) is 18.4 Å². The Morgan fingerprint density at radius 3 is 2.42 bits per heavy atom. The van der Waals surface area contributed by atoms with Gasteiger partial charge in [-0.05, 0) is 43.1 Å². The second kappa shape index (κ2) is 7.06. The third-order valence-electron chi connectivity index (χ3n) is 4.09. The van der Waals surface area contributed by atoms with E-state index in [1.807, 2.05) is 0 Å². The summed E-state index contributed by atoms with van der Waals surface area (Å²) in [5.74, 6) is 1.54. The van der Waals surface area contributed by atoms with Crippen LogP contribution in [-0.4, -0.2) is 17.8 Å². The number of rotatable bonds is 8. The van der Waals surface area contributed by atoms with Crippen molar-refractivity contribution in [2.24, 2.45) is 11.8 Å². The van der Waals surface area contributed by atoms with Gasteiger partial charge in [0.25, 0.3) is 0 Å². The summed E-state index contributed by atoms with van der Waals surface area (Å²) in [7, 11) is 0. The van der Waals surface area contributed by atoms with Gasteiger partial charge in [0, 0.05) is 18.7 Å². The Morgan fingerprint density at radius 2 is 1.89 bits per heavy atom. The van der Waals surface area contributed by atoms with Crippen LogP contribution in [0.4, 0.5) is 0 Å². The molecule has 2 heteroatoms. The first-order valence-electron chi connectivity index (χ1n) is 7.64. The van der Waals surface area contributed by atoms with Gasteiger partial charge in [0.05, 0.1) is 0 Å². The molecule has 0 spiro atoms. The minimum Gasteiger partial charge on any atom is -0.396 e. The molecule has 19 heavy (non-hydrogen) atoms. The van der Waals surface area contributed by atoms with Crippen LogP contribution in [0.2, 0.25) is 0 Å². The fourth-order valence-corrected chi connectivity index (χ4v) is 2.89. The van der Waals surface area contributed by atoms with Crippen molar-refractivity contribution in [1.29, 1.82) is 0 Å². The zero-order valence-corrected chi connectivity index (χ0v) is 12.2. The molecule has 2 atom stereocenters. The lowest BCUT2D eigenvalue weighted by Gasteiger charge is -2.29. The van der Waals surface area contributed by atoms with Crippen molar-refractivity contribution in [3.05, 3.63) is 35.9 Å². The molecule has 1 aromatic carbocycles. The van der Waals surface area contributed by atoms with Crippen molar-refractivity contribution in [3.8, 4) is 0 Å². The molecule has 0 saturated heterocycles. The number of nitrogens with one attached hydrogen (secondary N) is 1. The highest BCUT2D eigenvalue weighted by Gasteiger charge is 2.34. The average Bonchev–Trinajstić information content (AvgIpc) is 3.24. The van der Waals surface area contributed by atoms with E-state index in [0.29, 0.717) is 18.0 Å². The fourth-order valence-electron chi connectivity index (χ4n) is 2.89. The monoisotopic (exact) mass is 261 g/mol. The molecule has 0 aliphatic heterocycles. The molecule has 2 nitrogen and oxygen atoms in total. The number of hydrogen-bond acceptors (Lipinski definition) is 2. The van der Waals surface area contributed by atoms with E-state index in [1.54, 1.807) is 0 Å². The van der Waals surface area contributed by atoms with Gasteiger partial charge in [0.15, 0.2) is 0 Å².